The van der Waals surface area contributed by atoms with Crippen LogP contribution in [-0.2, 0) is 0 Å². The Balaban J connectivity index is 1.55. The average molecular weight is 612 g/mol. The van der Waals surface area contributed by atoms with Gasteiger partial charge in [0.1, 0.15) is 11.4 Å². The van der Waals surface area contributed by atoms with Crippen LogP contribution < -0.4 is 0 Å². The molecule has 16 nitrogen and oxygen atoms in total. The van der Waals surface area contributed by atoms with Crippen LogP contribution in [0.5, 0.6) is 0 Å². The SMILES string of the molecule is CCCC(=O)c1cc(-c2cn(-c3ccc(C(=O)O)c(C(=O)O)c3)nn2)nc(-c2cn(-c3ccc(C(=O)O)c(C(=O)O)c3)nn2)c1. The Labute approximate surface area is 251 Å². The Kier molecular flexibility index (Phi) is 7.95. The van der Waals surface area contributed by atoms with E-state index >= 15 is 0 Å². The van der Waals surface area contributed by atoms with Crippen LogP contribution in [0.3, 0.4) is 0 Å². The smallest absolute Gasteiger partial charge is 0.336 e. The van der Waals surface area contributed by atoms with E-state index in [2.05, 4.69) is 25.6 Å². The van der Waals surface area contributed by atoms with Gasteiger partial charge < -0.3 is 20.4 Å². The van der Waals surface area contributed by atoms with Gasteiger partial charge >= 0.3 is 23.9 Å². The van der Waals surface area contributed by atoms with E-state index in [1.54, 1.807) is 0 Å². The van der Waals surface area contributed by atoms with Gasteiger partial charge in [-0.2, -0.15) is 0 Å². The molecule has 0 atom stereocenters. The molecule has 3 aromatic heterocycles. The molecule has 0 radical (unpaired) electrons. The lowest BCUT2D eigenvalue weighted by atomic mass is 10.0. The maximum absolute atomic E-state index is 12.9. The number of hydrogen-bond donors (Lipinski definition) is 4. The third-order valence-corrected chi connectivity index (χ3v) is 6.59. The van der Waals surface area contributed by atoms with Crippen molar-refractivity contribution in [2.24, 2.45) is 0 Å². The van der Waals surface area contributed by atoms with E-state index in [-0.39, 0.29) is 46.4 Å². The van der Waals surface area contributed by atoms with Crippen LogP contribution in [0, 0.1) is 0 Å². The highest BCUT2D eigenvalue weighted by Crippen LogP contribution is 2.26. The van der Waals surface area contributed by atoms with E-state index in [0.29, 0.717) is 12.0 Å². The van der Waals surface area contributed by atoms with Crippen molar-refractivity contribution in [1.82, 2.24) is 35.0 Å². The molecule has 0 saturated carbocycles. The minimum absolute atomic E-state index is 0.187. The molecule has 0 aliphatic rings. The van der Waals surface area contributed by atoms with Crippen LogP contribution in [0.2, 0.25) is 0 Å². The van der Waals surface area contributed by atoms with Gasteiger partial charge in [0.05, 0.1) is 57.4 Å². The van der Waals surface area contributed by atoms with Gasteiger partial charge in [0, 0.05) is 12.0 Å². The van der Waals surface area contributed by atoms with E-state index in [1.165, 1.54) is 46.0 Å². The number of carbonyl (C=O) groups is 5. The zero-order chi connectivity index (χ0) is 32.4. The normalized spacial score (nSPS) is 10.9. The van der Waals surface area contributed by atoms with E-state index in [4.69, 9.17) is 0 Å². The maximum atomic E-state index is 12.9. The summed E-state index contributed by atoms with van der Waals surface area (Å²) in [4.78, 5) is 63.6. The summed E-state index contributed by atoms with van der Waals surface area (Å²) in [6.07, 6.45) is 3.67. The zero-order valence-corrected chi connectivity index (χ0v) is 23.1. The van der Waals surface area contributed by atoms with E-state index in [0.717, 1.165) is 24.3 Å². The van der Waals surface area contributed by atoms with Gasteiger partial charge in [-0.05, 0) is 55.0 Å². The predicted octanol–water partition coefficient (Wildman–Crippen LogP) is 3.35. The molecule has 2 aromatic carbocycles. The lowest BCUT2D eigenvalue weighted by Crippen LogP contribution is -2.09. The lowest BCUT2D eigenvalue weighted by Gasteiger charge is -2.06. The number of carboxylic acid groups (broad SMARTS) is 4. The molecular weight excluding hydrogens is 590 g/mol. The summed E-state index contributed by atoms with van der Waals surface area (Å²) >= 11 is 0. The highest BCUT2D eigenvalue weighted by atomic mass is 16.4. The van der Waals surface area contributed by atoms with Crippen LogP contribution in [0.4, 0.5) is 0 Å². The quantitative estimate of drug-likeness (QED) is 0.157. The van der Waals surface area contributed by atoms with Gasteiger partial charge in [-0.1, -0.05) is 17.4 Å². The summed E-state index contributed by atoms with van der Waals surface area (Å²) in [5.74, 6) is -5.87. The molecule has 5 rings (SSSR count). The molecule has 0 fully saturated rings. The van der Waals surface area contributed by atoms with Gasteiger partial charge in [-0.25, -0.2) is 33.5 Å². The van der Waals surface area contributed by atoms with E-state index < -0.39 is 46.1 Å². The molecule has 0 aliphatic heterocycles. The molecular formula is C29H21N7O9. The summed E-state index contributed by atoms with van der Waals surface area (Å²) in [6, 6.07) is 10.3. The van der Waals surface area contributed by atoms with Gasteiger partial charge in [0.2, 0.25) is 0 Å². The van der Waals surface area contributed by atoms with Gasteiger partial charge in [-0.15, -0.1) is 10.2 Å². The first-order valence-electron chi connectivity index (χ1n) is 13.1. The first-order chi connectivity index (χ1) is 21.5. The summed E-state index contributed by atoms with van der Waals surface area (Å²) in [5, 5.41) is 53.8. The molecule has 16 heteroatoms. The Hall–Kier alpha value is -6.58. The van der Waals surface area contributed by atoms with Crippen LogP contribution >= 0.6 is 0 Å². The Morgan fingerprint density at radius 3 is 1.40 bits per heavy atom. The molecule has 0 saturated heterocycles. The monoisotopic (exact) mass is 611 g/mol. The standard InChI is InChI=1S/C29H21N7O9/c1-2-3-25(37)14-8-21(23-12-35(33-31-23)15-4-6-17(26(38)39)19(10-15)28(42)43)30-22(9-14)24-13-36(34-32-24)16-5-7-18(27(40)41)20(11-16)29(44)45/h4-13H,2-3H2,1H3,(H,38,39)(H,40,41)(H,42,43)(H,44,45). The molecule has 5 aromatic rings. The highest BCUT2D eigenvalue weighted by molar-refractivity contribution is 6.03. The van der Waals surface area contributed by atoms with Crippen LogP contribution in [0.15, 0.2) is 60.9 Å². The maximum Gasteiger partial charge on any atom is 0.336 e. The molecule has 0 unspecified atom stereocenters. The minimum Gasteiger partial charge on any atom is -0.478 e. The number of hydrogen-bond acceptors (Lipinski definition) is 10. The molecule has 0 amide bonds. The number of nitrogens with zero attached hydrogens (tertiary/aromatic N) is 7. The van der Waals surface area contributed by atoms with Crippen molar-refractivity contribution in [3.05, 3.63) is 88.7 Å². The van der Waals surface area contributed by atoms with Crippen molar-refractivity contribution in [2.45, 2.75) is 19.8 Å². The first-order valence-corrected chi connectivity index (χ1v) is 13.1. The van der Waals surface area contributed by atoms with Crippen LogP contribution in [-0.4, -0.2) is 85.1 Å². The number of rotatable bonds is 11. The summed E-state index contributed by atoms with van der Waals surface area (Å²) in [7, 11) is 0. The zero-order valence-electron chi connectivity index (χ0n) is 23.1. The topological polar surface area (TPSA) is 241 Å². The molecule has 0 bridgehead atoms. The Bertz CT molecular complexity index is 1900. The van der Waals surface area contributed by atoms with Crippen molar-refractivity contribution in [3.8, 4) is 34.2 Å². The number of aromatic carboxylic acids is 4. The minimum atomic E-state index is -1.44. The van der Waals surface area contributed by atoms with E-state index in [9.17, 15) is 44.4 Å². The van der Waals surface area contributed by atoms with Gasteiger partial charge in [0.25, 0.3) is 0 Å². The fourth-order valence-corrected chi connectivity index (χ4v) is 4.42. The number of ketones is 1. The number of carboxylic acids is 4. The summed E-state index contributed by atoms with van der Waals surface area (Å²) < 4.78 is 2.46. The molecule has 3 heterocycles. The van der Waals surface area contributed by atoms with Gasteiger partial charge in [0.15, 0.2) is 5.78 Å². The second-order valence-corrected chi connectivity index (χ2v) is 9.58. The summed E-state index contributed by atoms with van der Waals surface area (Å²) in [6.45, 7) is 1.85. The fraction of sp³-hybridized carbons (Fsp3) is 0.103. The fourth-order valence-electron chi connectivity index (χ4n) is 4.42. The molecule has 0 spiro atoms. The number of aromatic nitrogens is 7. The van der Waals surface area contributed by atoms with Crippen molar-refractivity contribution in [2.75, 3.05) is 0 Å². The highest BCUT2D eigenvalue weighted by Gasteiger charge is 2.21. The average Bonchev–Trinajstić information content (AvgIpc) is 3.71. The molecule has 0 aliphatic carbocycles. The lowest BCUT2D eigenvalue weighted by molar-refractivity contribution is 0.0651. The summed E-state index contributed by atoms with van der Waals surface area (Å²) in [5.41, 5.74) is -0.136. The third kappa shape index (κ3) is 6.00. The van der Waals surface area contributed by atoms with Crippen molar-refractivity contribution >= 4 is 29.7 Å². The molecule has 45 heavy (non-hydrogen) atoms. The largest absolute Gasteiger partial charge is 0.478 e. The Morgan fingerprint density at radius 2 is 1.02 bits per heavy atom. The van der Waals surface area contributed by atoms with Crippen molar-refractivity contribution in [3.63, 3.8) is 0 Å². The van der Waals surface area contributed by atoms with E-state index in [1.807, 2.05) is 6.92 Å². The number of pyridine rings is 1. The predicted molar refractivity (Wildman–Crippen MR) is 152 cm³/mol. The van der Waals surface area contributed by atoms with Crippen molar-refractivity contribution < 1.29 is 44.4 Å². The second-order valence-electron chi connectivity index (χ2n) is 9.58. The van der Waals surface area contributed by atoms with Crippen LogP contribution in [0.25, 0.3) is 34.2 Å². The van der Waals surface area contributed by atoms with Crippen molar-refractivity contribution in [1.29, 1.82) is 0 Å². The van der Waals surface area contributed by atoms with Crippen LogP contribution in [0.1, 0.15) is 71.6 Å². The number of Topliss-reactive ketones (excluding diaryl/α,β-unsaturated/α-hetero) is 1. The Morgan fingerprint density at radius 1 is 0.600 bits per heavy atom. The molecule has 226 valence electrons. The third-order valence-electron chi connectivity index (χ3n) is 6.59. The number of benzene rings is 2. The first kappa shape index (κ1) is 29.9. The second kappa shape index (κ2) is 12.0. The molecule has 4 N–H and O–H groups in total. The van der Waals surface area contributed by atoms with Gasteiger partial charge in [-0.3, -0.25) is 4.79 Å². The number of carbonyl (C=O) groups excluding carboxylic acids is 1.